The molecule has 1 heterocycles. The minimum Gasteiger partial charge on any atom is -0.481 e. The van der Waals surface area contributed by atoms with Crippen molar-refractivity contribution in [3.8, 4) is 0 Å². The molecule has 0 saturated heterocycles. The van der Waals surface area contributed by atoms with Crippen molar-refractivity contribution in [1.82, 2.24) is 0 Å². The van der Waals surface area contributed by atoms with Crippen LogP contribution in [0.25, 0.3) is 0 Å². The monoisotopic (exact) mass is 328 g/mol. The third-order valence-electron chi connectivity index (χ3n) is 4.28. The predicted octanol–water partition coefficient (Wildman–Crippen LogP) is 5.61. The van der Waals surface area contributed by atoms with E-state index in [0.29, 0.717) is 12.4 Å². The number of carboxylic acid groups (broad SMARTS) is 1. The van der Waals surface area contributed by atoms with E-state index in [9.17, 15) is 4.79 Å². The lowest BCUT2D eigenvalue weighted by molar-refractivity contribution is -0.215. The number of carboxylic acids is 1. The molecule has 0 unspecified atom stereocenters. The highest BCUT2D eigenvalue weighted by atomic mass is 17.1. The van der Waals surface area contributed by atoms with Gasteiger partial charge in [-0.2, -0.15) is 5.26 Å². The number of rotatable bonds is 17. The van der Waals surface area contributed by atoms with Crippen molar-refractivity contribution in [2.75, 3.05) is 0 Å². The van der Waals surface area contributed by atoms with E-state index in [4.69, 9.17) is 15.1 Å². The molecule has 0 saturated carbocycles. The maximum absolute atomic E-state index is 10.4. The molecule has 0 spiro atoms. The summed E-state index contributed by atoms with van der Waals surface area (Å²) in [5, 5.41) is 16.8. The Morgan fingerprint density at radius 3 is 1.61 bits per heavy atom. The van der Waals surface area contributed by atoms with Gasteiger partial charge in [0.05, 0.1) is 0 Å². The molecule has 1 rings (SSSR count). The smallest absolute Gasteiger partial charge is 0.361 e. The molecular formula is C18H32O5. The molecular weight excluding hydrogens is 296 g/mol. The topological polar surface area (TPSA) is 79.3 Å². The second-order valence-corrected chi connectivity index (χ2v) is 6.39. The van der Waals surface area contributed by atoms with Crippen LogP contribution in [0.2, 0.25) is 0 Å². The molecule has 23 heavy (non-hydrogen) atoms. The Morgan fingerprint density at radius 2 is 1.22 bits per heavy atom. The Kier molecular flexibility index (Phi) is 11.4. The van der Waals surface area contributed by atoms with Crippen molar-refractivity contribution in [2.24, 2.45) is 0 Å². The van der Waals surface area contributed by atoms with Gasteiger partial charge in [-0.1, -0.05) is 70.6 Å². The Balaban J connectivity index is 1.67. The van der Waals surface area contributed by atoms with E-state index in [2.05, 4.69) is 4.89 Å². The van der Waals surface area contributed by atoms with Crippen LogP contribution in [-0.2, 0) is 14.4 Å². The fourth-order valence-electron chi connectivity index (χ4n) is 2.82. The van der Waals surface area contributed by atoms with Crippen molar-refractivity contribution in [2.45, 2.75) is 96.3 Å². The van der Waals surface area contributed by atoms with E-state index >= 15 is 0 Å². The van der Waals surface area contributed by atoms with E-state index < -0.39 is 5.97 Å². The Bertz CT molecular complexity index is 351. The summed E-state index contributed by atoms with van der Waals surface area (Å²) in [6.45, 7) is 0. The van der Waals surface area contributed by atoms with Crippen LogP contribution in [-0.4, -0.2) is 16.3 Å². The molecule has 0 atom stereocenters. The summed E-state index contributed by atoms with van der Waals surface area (Å²) >= 11 is 0. The van der Waals surface area contributed by atoms with Gasteiger partial charge in [-0.05, 0) is 12.8 Å². The van der Waals surface area contributed by atoms with Gasteiger partial charge < -0.3 is 9.84 Å². The first kappa shape index (κ1) is 19.8. The minimum absolute atomic E-state index is 0.298. The summed E-state index contributed by atoms with van der Waals surface area (Å²) in [6, 6.07) is 0. The van der Waals surface area contributed by atoms with E-state index in [-0.39, 0.29) is 0 Å². The lowest BCUT2D eigenvalue weighted by Gasteiger charge is -2.02. The third kappa shape index (κ3) is 11.9. The average molecular weight is 328 g/mol. The molecule has 0 aromatic heterocycles. The van der Waals surface area contributed by atoms with Gasteiger partial charge >= 0.3 is 11.9 Å². The standard InChI is InChI=1S/C18H32O5/c19-17(20)15-13-11-9-7-5-3-1-2-4-6-8-10-12-14-16-18(22-16)23-21/h21H,1-15H2,(H,19,20). The molecule has 5 heteroatoms. The molecule has 134 valence electrons. The molecule has 0 aromatic carbocycles. The first-order valence-corrected chi connectivity index (χ1v) is 9.18. The fraction of sp³-hybridized carbons (Fsp3) is 0.833. The van der Waals surface area contributed by atoms with E-state index in [1.807, 2.05) is 0 Å². The van der Waals surface area contributed by atoms with E-state index in [1.165, 1.54) is 64.2 Å². The van der Waals surface area contributed by atoms with Crippen molar-refractivity contribution in [3.05, 3.63) is 11.7 Å². The summed E-state index contributed by atoms with van der Waals surface area (Å²) in [5.74, 6) is 0.425. The molecule has 1 aliphatic heterocycles. The summed E-state index contributed by atoms with van der Waals surface area (Å²) in [5.41, 5.74) is 0. The van der Waals surface area contributed by atoms with Crippen LogP contribution in [0.4, 0.5) is 0 Å². The molecule has 0 amide bonds. The minimum atomic E-state index is -0.674. The van der Waals surface area contributed by atoms with Gasteiger partial charge in [0.1, 0.15) is 0 Å². The van der Waals surface area contributed by atoms with Crippen molar-refractivity contribution in [1.29, 1.82) is 0 Å². The zero-order chi connectivity index (χ0) is 16.8. The first-order chi connectivity index (χ1) is 11.2. The quantitative estimate of drug-likeness (QED) is 0.206. The van der Waals surface area contributed by atoms with Crippen LogP contribution in [0.3, 0.4) is 0 Å². The summed E-state index contributed by atoms with van der Waals surface area (Å²) < 4.78 is 4.93. The maximum Gasteiger partial charge on any atom is 0.361 e. The highest BCUT2D eigenvalue weighted by molar-refractivity contribution is 5.66. The lowest BCUT2D eigenvalue weighted by atomic mass is 10.0. The zero-order valence-corrected chi connectivity index (χ0v) is 14.2. The highest BCUT2D eigenvalue weighted by Crippen LogP contribution is 2.31. The number of ether oxygens (including phenoxy) is 1. The Morgan fingerprint density at radius 1 is 0.783 bits per heavy atom. The fourth-order valence-corrected chi connectivity index (χ4v) is 2.82. The van der Waals surface area contributed by atoms with Gasteiger partial charge in [-0.25, -0.2) is 0 Å². The van der Waals surface area contributed by atoms with Gasteiger partial charge in [-0.3, -0.25) is 9.68 Å². The summed E-state index contributed by atoms with van der Waals surface area (Å²) in [6.07, 6.45) is 17.0. The Labute approximate surface area is 139 Å². The van der Waals surface area contributed by atoms with E-state index in [1.54, 1.807) is 0 Å². The van der Waals surface area contributed by atoms with Gasteiger partial charge in [0.25, 0.3) is 0 Å². The predicted molar refractivity (Wildman–Crippen MR) is 88.7 cm³/mol. The van der Waals surface area contributed by atoms with Crippen LogP contribution in [0.5, 0.6) is 0 Å². The molecule has 0 bridgehead atoms. The number of hydrogen-bond donors (Lipinski definition) is 2. The number of carbonyl (C=O) groups is 1. The first-order valence-electron chi connectivity index (χ1n) is 9.18. The molecule has 0 radical (unpaired) electrons. The molecule has 5 nitrogen and oxygen atoms in total. The van der Waals surface area contributed by atoms with Crippen LogP contribution < -0.4 is 0 Å². The van der Waals surface area contributed by atoms with Crippen molar-refractivity contribution >= 4 is 5.97 Å². The molecule has 2 N–H and O–H groups in total. The molecule has 0 aliphatic carbocycles. The van der Waals surface area contributed by atoms with Gasteiger partial charge in [0, 0.05) is 12.8 Å². The second-order valence-electron chi connectivity index (χ2n) is 6.39. The van der Waals surface area contributed by atoms with Gasteiger partial charge in [0.15, 0.2) is 5.76 Å². The Hall–Kier alpha value is -1.23. The van der Waals surface area contributed by atoms with E-state index in [0.717, 1.165) is 31.4 Å². The maximum atomic E-state index is 10.4. The van der Waals surface area contributed by atoms with Crippen LogP contribution in [0.1, 0.15) is 96.3 Å². The summed E-state index contributed by atoms with van der Waals surface area (Å²) in [4.78, 5) is 14.3. The number of allylic oxidation sites excluding steroid dienone is 1. The largest absolute Gasteiger partial charge is 0.481 e. The van der Waals surface area contributed by atoms with Crippen LogP contribution in [0.15, 0.2) is 11.7 Å². The highest BCUT2D eigenvalue weighted by Gasteiger charge is 2.27. The summed E-state index contributed by atoms with van der Waals surface area (Å²) in [7, 11) is 0. The van der Waals surface area contributed by atoms with Crippen LogP contribution >= 0.6 is 0 Å². The van der Waals surface area contributed by atoms with Gasteiger partial charge in [0.2, 0.25) is 0 Å². The molecule has 0 aromatic rings. The van der Waals surface area contributed by atoms with Gasteiger partial charge in [-0.15, -0.1) is 0 Å². The zero-order valence-electron chi connectivity index (χ0n) is 14.2. The number of unbranched alkanes of at least 4 members (excludes halogenated alkanes) is 12. The normalized spacial score (nSPS) is 13.1. The van der Waals surface area contributed by atoms with Crippen molar-refractivity contribution < 1.29 is 24.8 Å². The average Bonchev–Trinajstić information content (AvgIpc) is 3.29. The number of aliphatic carboxylic acids is 1. The third-order valence-corrected chi connectivity index (χ3v) is 4.28. The SMILES string of the molecule is O=C(O)CCCCCCCCCCCCCCCC1=C(OO)O1. The second kappa shape index (κ2) is 13.2. The number of hydrogen-bond acceptors (Lipinski definition) is 4. The van der Waals surface area contributed by atoms with Crippen LogP contribution in [0, 0.1) is 0 Å². The molecule has 1 aliphatic rings. The van der Waals surface area contributed by atoms with Crippen molar-refractivity contribution in [3.63, 3.8) is 0 Å². The lowest BCUT2D eigenvalue weighted by Crippen LogP contribution is -1.93. The molecule has 0 fully saturated rings.